The third kappa shape index (κ3) is 3.78. The minimum atomic E-state index is -0.159. The molecule has 0 spiro atoms. The topological polar surface area (TPSA) is 61.9 Å². The van der Waals surface area contributed by atoms with Crippen molar-refractivity contribution in [3.05, 3.63) is 34.2 Å². The summed E-state index contributed by atoms with van der Waals surface area (Å²) in [5, 5.41) is 3.86. The molecule has 9 heteroatoms. The molecule has 1 saturated heterocycles. The van der Waals surface area contributed by atoms with Crippen LogP contribution in [0.4, 0.5) is 11.4 Å². The van der Waals surface area contributed by atoms with Gasteiger partial charge in [-0.1, -0.05) is 35.7 Å². The Morgan fingerprint density at radius 1 is 1.21 bits per heavy atom. The van der Waals surface area contributed by atoms with Crippen LogP contribution in [0, 0.1) is 0 Å². The summed E-state index contributed by atoms with van der Waals surface area (Å²) >= 11 is 8.18. The van der Waals surface area contributed by atoms with E-state index in [-0.39, 0.29) is 11.8 Å². The van der Waals surface area contributed by atoms with Crippen molar-refractivity contribution < 1.29 is 14.3 Å². The fraction of sp³-hybridized carbons (Fsp3) is 0.316. The molecule has 0 bridgehead atoms. The van der Waals surface area contributed by atoms with E-state index in [1.54, 1.807) is 23.8 Å². The molecule has 6 nitrogen and oxygen atoms in total. The molecule has 0 radical (unpaired) electrons. The van der Waals surface area contributed by atoms with E-state index in [1.807, 2.05) is 38.1 Å². The van der Waals surface area contributed by atoms with E-state index >= 15 is 0 Å². The van der Waals surface area contributed by atoms with Crippen LogP contribution in [-0.2, 0) is 9.59 Å². The number of methoxy groups -OCH3 is 1. The molecule has 1 aromatic rings. The van der Waals surface area contributed by atoms with E-state index in [4.69, 9.17) is 17.0 Å². The monoisotopic (exact) mass is 435 g/mol. The highest BCUT2D eigenvalue weighted by Gasteiger charge is 2.32. The van der Waals surface area contributed by atoms with E-state index in [9.17, 15) is 9.59 Å². The first-order chi connectivity index (χ1) is 13.4. The number of allylic oxidation sites excluding steroid dienone is 2. The van der Waals surface area contributed by atoms with Crippen LogP contribution in [0.5, 0.6) is 5.75 Å². The number of thiocarbonyl (C=S) groups is 1. The van der Waals surface area contributed by atoms with Gasteiger partial charge in [0.15, 0.2) is 0 Å². The Kier molecular flexibility index (Phi) is 6.36. The molecule has 0 unspecified atom stereocenters. The van der Waals surface area contributed by atoms with Crippen molar-refractivity contribution in [3.63, 3.8) is 0 Å². The van der Waals surface area contributed by atoms with E-state index in [0.717, 1.165) is 15.6 Å². The molecule has 28 heavy (non-hydrogen) atoms. The summed E-state index contributed by atoms with van der Waals surface area (Å²) in [4.78, 5) is 29.5. The van der Waals surface area contributed by atoms with Crippen molar-refractivity contribution in [3.8, 4) is 5.75 Å². The van der Waals surface area contributed by atoms with E-state index < -0.39 is 0 Å². The molecular formula is C19H21N3O3S3. The molecule has 0 aromatic heterocycles. The second-order valence-corrected chi connectivity index (χ2v) is 8.71. The summed E-state index contributed by atoms with van der Waals surface area (Å²) in [6, 6.07) is 3.82. The molecule has 2 heterocycles. The van der Waals surface area contributed by atoms with Crippen LogP contribution in [0.3, 0.4) is 0 Å². The number of anilines is 2. The van der Waals surface area contributed by atoms with Crippen LogP contribution in [0.2, 0.25) is 0 Å². The van der Waals surface area contributed by atoms with Crippen LogP contribution < -0.4 is 15.0 Å². The second-order valence-electron chi connectivity index (χ2n) is 5.97. The zero-order chi connectivity index (χ0) is 20.4. The average molecular weight is 436 g/mol. The zero-order valence-corrected chi connectivity index (χ0v) is 18.5. The fourth-order valence-corrected chi connectivity index (χ4v) is 5.48. The van der Waals surface area contributed by atoms with Gasteiger partial charge < -0.3 is 15.0 Å². The van der Waals surface area contributed by atoms with Crippen LogP contribution in [-0.4, -0.2) is 41.2 Å². The van der Waals surface area contributed by atoms with Gasteiger partial charge in [-0.3, -0.25) is 14.5 Å². The third-order valence-electron chi connectivity index (χ3n) is 4.26. The van der Waals surface area contributed by atoms with E-state index in [2.05, 4.69) is 10.2 Å². The maximum absolute atomic E-state index is 12.4. The molecule has 3 rings (SSSR count). The number of nitrogens with zero attached hydrogens (tertiary/aromatic N) is 2. The maximum Gasteiger partial charge on any atom is 0.266 e. The Labute approximate surface area is 178 Å². The van der Waals surface area contributed by atoms with Crippen LogP contribution >= 0.6 is 35.7 Å². The predicted molar refractivity (Wildman–Crippen MR) is 120 cm³/mol. The largest absolute Gasteiger partial charge is 0.494 e. The van der Waals surface area contributed by atoms with Gasteiger partial charge in [-0.25, -0.2) is 0 Å². The summed E-state index contributed by atoms with van der Waals surface area (Å²) in [5.41, 5.74) is 1.56. The number of hydrogen-bond donors (Lipinski definition) is 1. The number of ether oxygens (including phenoxy) is 1. The van der Waals surface area contributed by atoms with Gasteiger partial charge in [0.05, 0.1) is 22.7 Å². The minimum Gasteiger partial charge on any atom is -0.494 e. The van der Waals surface area contributed by atoms with Crippen molar-refractivity contribution >= 4 is 63.3 Å². The first-order valence-electron chi connectivity index (χ1n) is 8.80. The molecule has 0 aliphatic carbocycles. The van der Waals surface area contributed by atoms with Crippen molar-refractivity contribution in [1.82, 2.24) is 4.90 Å². The molecule has 1 N–H and O–H groups in total. The molecule has 2 aliphatic rings. The molecular weight excluding hydrogens is 414 g/mol. The second kappa shape index (κ2) is 8.59. The van der Waals surface area contributed by atoms with Crippen LogP contribution in [0.15, 0.2) is 39.1 Å². The van der Waals surface area contributed by atoms with Gasteiger partial charge >= 0.3 is 0 Å². The Balaban J connectivity index is 1.98. The minimum absolute atomic E-state index is 0.0569. The maximum atomic E-state index is 12.4. The van der Waals surface area contributed by atoms with Gasteiger partial charge in [-0.05, 0) is 38.1 Å². The molecule has 0 atom stereocenters. The number of thioether (sulfide) groups is 2. The lowest BCUT2D eigenvalue weighted by Gasteiger charge is -2.22. The number of rotatable bonds is 5. The Bertz CT molecular complexity index is 911. The lowest BCUT2D eigenvalue weighted by molar-refractivity contribution is -0.122. The standard InChI is InChI=1S/C19H21N3O3S3/c1-5-21-15(10-9-14-18(24)22(6-2)19(26)28-14)27-13-8-7-12(25-4)16(17(13)21)20-11(3)23/h7-10H,5-6H2,1-4H3,(H,20,23). The van der Waals surface area contributed by atoms with Gasteiger partial charge in [-0.2, -0.15) is 0 Å². The summed E-state index contributed by atoms with van der Waals surface area (Å²) in [6.07, 6.45) is 3.75. The van der Waals surface area contributed by atoms with Crippen molar-refractivity contribution in [2.75, 3.05) is 30.4 Å². The number of hydrogen-bond acceptors (Lipinski definition) is 7. The van der Waals surface area contributed by atoms with Crippen LogP contribution in [0.1, 0.15) is 20.8 Å². The molecule has 1 fully saturated rings. The molecule has 1 aromatic carbocycles. The van der Waals surface area contributed by atoms with Crippen LogP contribution in [0.25, 0.3) is 0 Å². The smallest absolute Gasteiger partial charge is 0.266 e. The number of fused-ring (bicyclic) bond motifs is 1. The highest BCUT2D eigenvalue weighted by atomic mass is 32.2. The zero-order valence-electron chi connectivity index (χ0n) is 16.1. The normalized spacial score (nSPS) is 19.0. The summed E-state index contributed by atoms with van der Waals surface area (Å²) in [7, 11) is 1.58. The third-order valence-corrected chi connectivity index (χ3v) is 6.77. The van der Waals surface area contributed by atoms with Crippen molar-refractivity contribution in [2.24, 2.45) is 0 Å². The summed E-state index contributed by atoms with van der Waals surface area (Å²) < 4.78 is 6.03. The van der Waals surface area contributed by atoms with E-state index in [0.29, 0.717) is 33.8 Å². The highest BCUT2D eigenvalue weighted by molar-refractivity contribution is 8.26. The number of nitrogens with one attached hydrogen (secondary N) is 1. The molecule has 2 aliphatic heterocycles. The Morgan fingerprint density at radius 2 is 1.93 bits per heavy atom. The first-order valence-corrected chi connectivity index (χ1v) is 10.8. The number of carbonyl (C=O) groups excluding carboxylic acids is 2. The lowest BCUT2D eigenvalue weighted by atomic mass is 10.2. The average Bonchev–Trinajstić information content (AvgIpc) is 3.16. The molecule has 148 valence electrons. The van der Waals surface area contributed by atoms with Gasteiger partial charge in [0.2, 0.25) is 5.91 Å². The SMILES string of the molecule is CCN1C(=O)C(=CC=C2Sc3ccc(OC)c(NC(C)=O)c3N2CC)SC1=S. The van der Waals surface area contributed by atoms with Gasteiger partial charge in [0.25, 0.3) is 5.91 Å². The highest BCUT2D eigenvalue weighted by Crippen LogP contribution is 2.52. The quantitative estimate of drug-likeness (QED) is 0.550. The molecule has 0 saturated carbocycles. The number of amides is 2. The Hall–Kier alpha value is -1.97. The van der Waals surface area contributed by atoms with Crippen molar-refractivity contribution in [2.45, 2.75) is 25.7 Å². The summed E-state index contributed by atoms with van der Waals surface area (Å²) in [5.74, 6) is 0.394. The van der Waals surface area contributed by atoms with Gasteiger partial charge in [0, 0.05) is 24.9 Å². The Morgan fingerprint density at radius 3 is 2.50 bits per heavy atom. The summed E-state index contributed by atoms with van der Waals surface area (Å²) in [6.45, 7) is 6.70. The van der Waals surface area contributed by atoms with Gasteiger partial charge in [0.1, 0.15) is 15.8 Å². The number of likely N-dealkylation sites (N-methyl/N-ethyl adjacent to an activating group) is 1. The molecule has 2 amide bonds. The first kappa shape index (κ1) is 20.8. The van der Waals surface area contributed by atoms with Gasteiger partial charge in [-0.15, -0.1) is 0 Å². The number of carbonyl (C=O) groups is 2. The predicted octanol–water partition coefficient (Wildman–Crippen LogP) is 4.19. The van der Waals surface area contributed by atoms with E-state index in [1.165, 1.54) is 18.7 Å². The number of benzene rings is 1. The van der Waals surface area contributed by atoms with Crippen molar-refractivity contribution in [1.29, 1.82) is 0 Å². The fourth-order valence-electron chi connectivity index (χ4n) is 3.02. The lowest BCUT2D eigenvalue weighted by Crippen LogP contribution is -2.27.